The van der Waals surface area contributed by atoms with Crippen LogP contribution in [0.4, 0.5) is 0 Å². The molecule has 0 radical (unpaired) electrons. The number of aliphatic hydroxyl groups excluding tert-OH is 1. The van der Waals surface area contributed by atoms with E-state index in [4.69, 9.17) is 5.11 Å². The second kappa shape index (κ2) is 8.08. The molecule has 0 unspecified atom stereocenters. The second-order valence-electron chi connectivity index (χ2n) is 6.26. The summed E-state index contributed by atoms with van der Waals surface area (Å²) >= 11 is 0. The van der Waals surface area contributed by atoms with Crippen molar-refractivity contribution in [3.05, 3.63) is 35.4 Å². The largest absolute Gasteiger partial charge is 0.396 e. The normalized spacial score (nSPS) is 21.4. The molecule has 1 fully saturated rings. The monoisotopic (exact) mass is 303 g/mol. The van der Waals surface area contributed by atoms with Gasteiger partial charge in [0.2, 0.25) is 5.91 Å². The fourth-order valence-corrected chi connectivity index (χ4v) is 2.90. The standard InChI is InChI=1S/C18H25NO3/c1-13-2-6-15(7-3-13)17(21)10-11-18(22)19-16-8-4-14(12-20)5-9-16/h2-3,6-7,14,16,20H,4-5,8-12H2,1H3,(H,19,22). The molecule has 0 heterocycles. The first-order valence-corrected chi connectivity index (χ1v) is 8.08. The Kier molecular flexibility index (Phi) is 6.13. The number of aliphatic hydroxyl groups is 1. The molecule has 0 bridgehead atoms. The second-order valence-corrected chi connectivity index (χ2v) is 6.26. The van der Waals surface area contributed by atoms with Gasteiger partial charge in [0.1, 0.15) is 0 Å². The number of nitrogens with one attached hydrogen (secondary N) is 1. The maximum Gasteiger partial charge on any atom is 0.220 e. The van der Waals surface area contributed by atoms with Crippen LogP contribution in [0, 0.1) is 12.8 Å². The van der Waals surface area contributed by atoms with Crippen molar-refractivity contribution in [1.82, 2.24) is 5.32 Å². The summed E-state index contributed by atoms with van der Waals surface area (Å²) in [6.45, 7) is 2.22. The molecule has 4 nitrogen and oxygen atoms in total. The van der Waals surface area contributed by atoms with Crippen molar-refractivity contribution in [2.75, 3.05) is 6.61 Å². The molecule has 1 aliphatic carbocycles. The van der Waals surface area contributed by atoms with Crippen molar-refractivity contribution in [3.63, 3.8) is 0 Å². The van der Waals surface area contributed by atoms with E-state index in [1.165, 1.54) is 0 Å². The number of benzene rings is 1. The number of rotatable bonds is 6. The summed E-state index contributed by atoms with van der Waals surface area (Å²) in [4.78, 5) is 24.0. The number of carbonyl (C=O) groups is 2. The highest BCUT2D eigenvalue weighted by Gasteiger charge is 2.22. The molecule has 120 valence electrons. The van der Waals surface area contributed by atoms with Crippen LogP contribution in [0.1, 0.15) is 54.4 Å². The van der Waals surface area contributed by atoms with Gasteiger partial charge in [-0.3, -0.25) is 9.59 Å². The number of amides is 1. The Morgan fingerprint density at radius 3 is 2.32 bits per heavy atom. The lowest BCUT2D eigenvalue weighted by atomic mass is 9.86. The quantitative estimate of drug-likeness (QED) is 0.794. The molecule has 0 atom stereocenters. The lowest BCUT2D eigenvalue weighted by Crippen LogP contribution is -2.38. The smallest absolute Gasteiger partial charge is 0.220 e. The topological polar surface area (TPSA) is 66.4 Å². The number of ketones is 1. The van der Waals surface area contributed by atoms with E-state index in [1.807, 2.05) is 31.2 Å². The minimum Gasteiger partial charge on any atom is -0.396 e. The van der Waals surface area contributed by atoms with E-state index in [2.05, 4.69) is 5.32 Å². The van der Waals surface area contributed by atoms with Gasteiger partial charge in [0, 0.05) is 31.1 Å². The van der Waals surface area contributed by atoms with Crippen LogP contribution in [-0.2, 0) is 4.79 Å². The SMILES string of the molecule is Cc1ccc(C(=O)CCC(=O)NC2CCC(CO)CC2)cc1. The van der Waals surface area contributed by atoms with E-state index in [-0.39, 0.29) is 37.2 Å². The van der Waals surface area contributed by atoms with Gasteiger partial charge < -0.3 is 10.4 Å². The Morgan fingerprint density at radius 2 is 1.73 bits per heavy atom. The Bertz CT molecular complexity index is 502. The minimum atomic E-state index is -0.0482. The molecule has 0 aromatic heterocycles. The molecule has 2 rings (SSSR count). The van der Waals surface area contributed by atoms with E-state index >= 15 is 0 Å². The number of aryl methyl sites for hydroxylation is 1. The Balaban J connectivity index is 1.71. The fourth-order valence-electron chi connectivity index (χ4n) is 2.90. The highest BCUT2D eigenvalue weighted by molar-refractivity contribution is 5.97. The molecule has 1 aliphatic rings. The molecule has 2 N–H and O–H groups in total. The van der Waals surface area contributed by atoms with Crippen LogP contribution >= 0.6 is 0 Å². The average Bonchev–Trinajstić information content (AvgIpc) is 2.54. The zero-order valence-electron chi connectivity index (χ0n) is 13.2. The van der Waals surface area contributed by atoms with Crippen molar-refractivity contribution in [2.45, 2.75) is 51.5 Å². The molecule has 22 heavy (non-hydrogen) atoms. The van der Waals surface area contributed by atoms with E-state index < -0.39 is 0 Å². The minimum absolute atomic E-state index is 0.0131. The van der Waals surface area contributed by atoms with E-state index in [1.54, 1.807) is 0 Å². The summed E-state index contributed by atoms with van der Waals surface area (Å²) in [5.74, 6) is 0.350. The van der Waals surface area contributed by atoms with Gasteiger partial charge in [-0.1, -0.05) is 29.8 Å². The summed E-state index contributed by atoms with van der Waals surface area (Å²) in [5, 5.41) is 12.1. The predicted octanol–water partition coefficient (Wildman–Crippen LogP) is 2.63. The third kappa shape index (κ3) is 4.95. The third-order valence-corrected chi connectivity index (χ3v) is 4.42. The number of hydrogen-bond donors (Lipinski definition) is 2. The first-order valence-electron chi connectivity index (χ1n) is 8.08. The van der Waals surface area contributed by atoms with Gasteiger partial charge in [0.25, 0.3) is 0 Å². The highest BCUT2D eigenvalue weighted by atomic mass is 16.3. The summed E-state index contributed by atoms with van der Waals surface area (Å²) < 4.78 is 0. The van der Waals surface area contributed by atoms with Crippen molar-refractivity contribution in [1.29, 1.82) is 0 Å². The van der Waals surface area contributed by atoms with Gasteiger partial charge in [-0.15, -0.1) is 0 Å². The van der Waals surface area contributed by atoms with Crippen LogP contribution in [0.25, 0.3) is 0 Å². The van der Waals surface area contributed by atoms with Gasteiger partial charge in [-0.05, 0) is 38.5 Å². The van der Waals surface area contributed by atoms with Crippen molar-refractivity contribution >= 4 is 11.7 Å². The molecule has 1 amide bonds. The van der Waals surface area contributed by atoms with Gasteiger partial charge in [0.05, 0.1) is 0 Å². The highest BCUT2D eigenvalue weighted by Crippen LogP contribution is 2.23. The van der Waals surface area contributed by atoms with E-state index in [9.17, 15) is 9.59 Å². The summed E-state index contributed by atoms with van der Waals surface area (Å²) in [7, 11) is 0. The molecule has 0 saturated heterocycles. The lowest BCUT2D eigenvalue weighted by Gasteiger charge is -2.27. The molecular weight excluding hydrogens is 278 g/mol. The molecule has 1 aromatic rings. The van der Waals surface area contributed by atoms with Crippen LogP contribution in [0.3, 0.4) is 0 Å². The zero-order valence-corrected chi connectivity index (χ0v) is 13.2. The Hall–Kier alpha value is -1.68. The molecule has 0 spiro atoms. The molecule has 1 aromatic carbocycles. The summed E-state index contributed by atoms with van der Waals surface area (Å²) in [6, 6.07) is 7.64. The van der Waals surface area contributed by atoms with Crippen LogP contribution < -0.4 is 5.32 Å². The maximum atomic E-state index is 12.0. The first kappa shape index (κ1) is 16.7. The zero-order chi connectivity index (χ0) is 15.9. The van der Waals surface area contributed by atoms with Gasteiger partial charge in [0.15, 0.2) is 5.78 Å². The third-order valence-electron chi connectivity index (χ3n) is 4.42. The van der Waals surface area contributed by atoms with Crippen LogP contribution in [0.2, 0.25) is 0 Å². The van der Waals surface area contributed by atoms with Gasteiger partial charge >= 0.3 is 0 Å². The van der Waals surface area contributed by atoms with Crippen molar-refractivity contribution in [3.8, 4) is 0 Å². The van der Waals surface area contributed by atoms with Gasteiger partial charge in [-0.25, -0.2) is 0 Å². The average molecular weight is 303 g/mol. The van der Waals surface area contributed by atoms with Crippen LogP contribution in [-0.4, -0.2) is 29.4 Å². The number of Topliss-reactive ketones (excluding diaryl/α,β-unsaturated/α-hetero) is 1. The Morgan fingerprint density at radius 1 is 1.09 bits per heavy atom. The molecule has 0 aliphatic heterocycles. The summed E-state index contributed by atoms with van der Waals surface area (Å²) in [6.07, 6.45) is 4.26. The van der Waals surface area contributed by atoms with Crippen LogP contribution in [0.15, 0.2) is 24.3 Å². The predicted molar refractivity (Wildman–Crippen MR) is 85.7 cm³/mol. The van der Waals surface area contributed by atoms with Gasteiger partial charge in [-0.2, -0.15) is 0 Å². The molecule has 4 heteroatoms. The fraction of sp³-hybridized carbons (Fsp3) is 0.556. The van der Waals surface area contributed by atoms with E-state index in [0.29, 0.717) is 11.5 Å². The molecule has 1 saturated carbocycles. The number of hydrogen-bond acceptors (Lipinski definition) is 3. The van der Waals surface area contributed by atoms with Crippen molar-refractivity contribution < 1.29 is 14.7 Å². The van der Waals surface area contributed by atoms with Crippen molar-refractivity contribution in [2.24, 2.45) is 5.92 Å². The lowest BCUT2D eigenvalue weighted by molar-refractivity contribution is -0.122. The first-order chi connectivity index (χ1) is 10.6. The maximum absolute atomic E-state index is 12.0. The van der Waals surface area contributed by atoms with E-state index in [0.717, 1.165) is 31.2 Å². The van der Waals surface area contributed by atoms with Crippen LogP contribution in [0.5, 0.6) is 0 Å². The summed E-state index contributed by atoms with van der Waals surface area (Å²) in [5.41, 5.74) is 1.79. The Labute approximate surface area is 131 Å². The molecular formula is C18H25NO3. The number of carbonyl (C=O) groups excluding carboxylic acids is 2.